The Balaban J connectivity index is 0.000000245. The van der Waals surface area contributed by atoms with Crippen molar-refractivity contribution in [2.45, 2.75) is 121 Å². The first-order chi connectivity index (χ1) is 14.1. The number of ketones is 2. The normalized spacial score (nSPS) is 33.0. The minimum absolute atomic E-state index is 0.140. The summed E-state index contributed by atoms with van der Waals surface area (Å²) in [5.74, 6) is 2.88. The molecule has 0 N–H and O–H groups in total. The molecule has 2 heteroatoms. The molecule has 3 aliphatic rings. The lowest BCUT2D eigenvalue weighted by Gasteiger charge is -2.56. The zero-order valence-corrected chi connectivity index (χ0v) is 22.3. The monoisotopic (exact) mass is 430 g/mol. The first-order valence-corrected chi connectivity index (χ1v) is 12.8. The van der Waals surface area contributed by atoms with Gasteiger partial charge in [0.05, 0.1) is 0 Å². The number of Topliss-reactive ketones (excluding diaryl/α,β-unsaturated/α-hetero) is 2. The number of carbonyl (C=O) groups excluding carboxylic acids is 2. The summed E-state index contributed by atoms with van der Waals surface area (Å²) in [6, 6.07) is 0. The highest BCUT2D eigenvalue weighted by molar-refractivity contribution is 5.82. The number of carbonyl (C=O) groups is 2. The molecule has 0 spiro atoms. The van der Waals surface area contributed by atoms with Gasteiger partial charge in [-0.1, -0.05) is 80.4 Å². The fourth-order valence-electron chi connectivity index (χ4n) is 6.32. The summed E-state index contributed by atoms with van der Waals surface area (Å²) in [5.41, 5.74) is 2.53. The maximum absolute atomic E-state index is 12.0. The Labute approximate surface area is 193 Å². The molecule has 3 aliphatic carbocycles. The summed E-state index contributed by atoms with van der Waals surface area (Å²) in [6.07, 6.45) is 10.8. The molecule has 0 aromatic rings. The van der Waals surface area contributed by atoms with Crippen molar-refractivity contribution in [3.63, 3.8) is 0 Å². The molecule has 0 bridgehead atoms. The van der Waals surface area contributed by atoms with Crippen LogP contribution in [-0.4, -0.2) is 11.6 Å². The number of hydrogen-bond donors (Lipinski definition) is 0. The van der Waals surface area contributed by atoms with Crippen molar-refractivity contribution < 1.29 is 9.59 Å². The number of allylic oxidation sites excluding steroid dienone is 2. The van der Waals surface area contributed by atoms with Gasteiger partial charge in [-0.2, -0.15) is 0 Å². The van der Waals surface area contributed by atoms with Crippen LogP contribution in [0.3, 0.4) is 0 Å². The lowest BCUT2D eigenvalue weighted by molar-refractivity contribution is -0.128. The van der Waals surface area contributed by atoms with Crippen LogP contribution in [0.4, 0.5) is 0 Å². The van der Waals surface area contributed by atoms with Crippen LogP contribution in [0.2, 0.25) is 0 Å². The van der Waals surface area contributed by atoms with Crippen LogP contribution < -0.4 is 0 Å². The summed E-state index contributed by atoms with van der Waals surface area (Å²) in [4.78, 5) is 23.0. The van der Waals surface area contributed by atoms with E-state index in [4.69, 9.17) is 0 Å². The molecule has 0 amide bonds. The van der Waals surface area contributed by atoms with Crippen molar-refractivity contribution in [1.82, 2.24) is 0 Å². The summed E-state index contributed by atoms with van der Waals surface area (Å²) in [7, 11) is 0. The number of rotatable bonds is 3. The molecule has 0 radical (unpaired) electrons. The standard InChI is InChI=1S/C18H30O.C11H20O/c1-12-10-16(3,4)14-8-9-18(7,13(2)19)11-15(14)17(12,5)6;1-4-11(2,3)9-5-7-10(12)8-6-9/h8,12,15H,9-11H2,1-7H3;9H,4-8H2,1-3H3. The van der Waals surface area contributed by atoms with E-state index < -0.39 is 0 Å². The Bertz CT molecular complexity index is 698. The third-order valence-electron chi connectivity index (χ3n) is 9.98. The topological polar surface area (TPSA) is 34.1 Å². The van der Waals surface area contributed by atoms with E-state index in [1.165, 1.54) is 12.8 Å². The van der Waals surface area contributed by atoms with Gasteiger partial charge in [-0.15, -0.1) is 0 Å². The predicted molar refractivity (Wildman–Crippen MR) is 132 cm³/mol. The van der Waals surface area contributed by atoms with Gasteiger partial charge >= 0.3 is 0 Å². The molecule has 2 saturated carbocycles. The van der Waals surface area contributed by atoms with E-state index in [2.05, 4.69) is 68.4 Å². The van der Waals surface area contributed by atoms with Crippen molar-refractivity contribution in [3.05, 3.63) is 11.6 Å². The molecule has 2 fully saturated rings. The summed E-state index contributed by atoms with van der Waals surface area (Å²) < 4.78 is 0. The van der Waals surface area contributed by atoms with Crippen molar-refractivity contribution in [2.75, 3.05) is 0 Å². The second kappa shape index (κ2) is 9.14. The van der Waals surface area contributed by atoms with Gasteiger partial charge in [0.15, 0.2) is 0 Å². The van der Waals surface area contributed by atoms with Crippen molar-refractivity contribution in [1.29, 1.82) is 0 Å². The zero-order valence-electron chi connectivity index (χ0n) is 22.3. The number of hydrogen-bond acceptors (Lipinski definition) is 2. The average Bonchev–Trinajstić information content (AvgIpc) is 2.67. The van der Waals surface area contributed by atoms with Gasteiger partial charge in [0.1, 0.15) is 11.6 Å². The highest BCUT2D eigenvalue weighted by Crippen LogP contribution is 2.60. The first kappa shape index (κ1) is 26.3. The lowest BCUT2D eigenvalue weighted by Crippen LogP contribution is -2.48. The van der Waals surface area contributed by atoms with Gasteiger partial charge in [-0.3, -0.25) is 9.59 Å². The largest absolute Gasteiger partial charge is 0.300 e. The van der Waals surface area contributed by atoms with Crippen molar-refractivity contribution in [2.24, 2.45) is 39.4 Å². The Morgan fingerprint density at radius 2 is 1.61 bits per heavy atom. The second-order valence-electron chi connectivity index (χ2n) is 13.2. The first-order valence-electron chi connectivity index (χ1n) is 12.8. The molecule has 2 nitrogen and oxygen atoms in total. The van der Waals surface area contributed by atoms with Crippen LogP contribution >= 0.6 is 0 Å². The Hall–Kier alpha value is -0.920. The van der Waals surface area contributed by atoms with E-state index in [9.17, 15) is 9.59 Å². The van der Waals surface area contributed by atoms with Crippen LogP contribution in [0.5, 0.6) is 0 Å². The van der Waals surface area contributed by atoms with Crippen LogP contribution in [-0.2, 0) is 9.59 Å². The SMILES string of the molecule is CC(=O)C1(C)CC=C2C(C1)C(C)(C)C(C)CC2(C)C.CCC(C)(C)C1CCC(=O)CC1. The highest BCUT2D eigenvalue weighted by Gasteiger charge is 2.52. The van der Waals surface area contributed by atoms with Crippen LogP contribution in [0.15, 0.2) is 11.6 Å². The minimum atomic E-state index is -0.140. The van der Waals surface area contributed by atoms with E-state index in [0.29, 0.717) is 39.6 Å². The van der Waals surface area contributed by atoms with Crippen molar-refractivity contribution >= 4 is 11.6 Å². The Morgan fingerprint density at radius 1 is 1.06 bits per heavy atom. The minimum Gasteiger partial charge on any atom is -0.300 e. The van der Waals surface area contributed by atoms with E-state index in [0.717, 1.165) is 44.4 Å². The van der Waals surface area contributed by atoms with E-state index in [1.54, 1.807) is 12.5 Å². The molecular weight excluding hydrogens is 380 g/mol. The maximum Gasteiger partial charge on any atom is 0.136 e. The summed E-state index contributed by atoms with van der Waals surface area (Å²) in [6.45, 7) is 22.8. The van der Waals surface area contributed by atoms with E-state index in [-0.39, 0.29) is 5.41 Å². The molecule has 0 heterocycles. The van der Waals surface area contributed by atoms with E-state index in [1.807, 2.05) is 0 Å². The quantitative estimate of drug-likeness (QED) is 0.423. The van der Waals surface area contributed by atoms with Crippen LogP contribution in [0, 0.1) is 39.4 Å². The molecular formula is C29H50O2. The molecule has 0 aliphatic heterocycles. The molecule has 31 heavy (non-hydrogen) atoms. The molecule has 0 aromatic carbocycles. The van der Waals surface area contributed by atoms with Gasteiger partial charge < -0.3 is 0 Å². The molecule has 0 aromatic heterocycles. The molecule has 3 unspecified atom stereocenters. The van der Waals surface area contributed by atoms with Crippen LogP contribution in [0.25, 0.3) is 0 Å². The van der Waals surface area contributed by atoms with Gasteiger partial charge in [0, 0.05) is 18.3 Å². The maximum atomic E-state index is 12.0. The zero-order chi connectivity index (χ0) is 23.8. The number of fused-ring (bicyclic) bond motifs is 1. The Kier molecular flexibility index (Phi) is 7.77. The van der Waals surface area contributed by atoms with Gasteiger partial charge in [-0.25, -0.2) is 0 Å². The molecule has 3 atom stereocenters. The predicted octanol–water partition coefficient (Wildman–Crippen LogP) is 8.19. The van der Waals surface area contributed by atoms with E-state index >= 15 is 0 Å². The molecule has 3 rings (SSSR count). The Morgan fingerprint density at radius 3 is 2.10 bits per heavy atom. The second-order valence-corrected chi connectivity index (χ2v) is 13.2. The third kappa shape index (κ3) is 5.53. The fourth-order valence-corrected chi connectivity index (χ4v) is 6.32. The van der Waals surface area contributed by atoms with Crippen molar-refractivity contribution in [3.8, 4) is 0 Å². The smallest absolute Gasteiger partial charge is 0.136 e. The highest BCUT2D eigenvalue weighted by atomic mass is 16.1. The summed E-state index contributed by atoms with van der Waals surface area (Å²) >= 11 is 0. The lowest BCUT2D eigenvalue weighted by atomic mass is 9.48. The summed E-state index contributed by atoms with van der Waals surface area (Å²) in [5, 5.41) is 0. The molecule has 0 saturated heterocycles. The van der Waals surface area contributed by atoms with Gasteiger partial charge in [0.2, 0.25) is 0 Å². The van der Waals surface area contributed by atoms with Crippen LogP contribution in [0.1, 0.15) is 121 Å². The van der Waals surface area contributed by atoms with Gasteiger partial charge in [0.25, 0.3) is 0 Å². The average molecular weight is 431 g/mol. The molecule has 178 valence electrons. The fraction of sp³-hybridized carbons (Fsp3) is 0.862. The third-order valence-corrected chi connectivity index (χ3v) is 9.98. The van der Waals surface area contributed by atoms with Gasteiger partial charge in [-0.05, 0) is 73.0 Å².